The van der Waals surface area contributed by atoms with Gasteiger partial charge in [-0.25, -0.2) is 4.79 Å². The topological polar surface area (TPSA) is 47.3 Å². The van der Waals surface area contributed by atoms with Crippen LogP contribution in [0.2, 0.25) is 0 Å². The summed E-state index contributed by atoms with van der Waals surface area (Å²) in [6.07, 6.45) is 0.889. The number of hydrogen-bond acceptors (Lipinski definition) is 2. The van der Waals surface area contributed by atoms with Crippen molar-refractivity contribution in [1.29, 1.82) is 5.26 Å². The maximum atomic E-state index is 11.4. The van der Waals surface area contributed by atoms with Crippen LogP contribution in [0.4, 0.5) is 4.79 Å². The molecule has 1 aliphatic rings. The number of rotatable bonds is 2. The molecule has 1 aliphatic heterocycles. The third kappa shape index (κ3) is 1.80. The molecule has 0 N–H and O–H groups in total. The normalized spacial score (nSPS) is 17.8. The Balaban J connectivity index is 2.54. The van der Waals surface area contributed by atoms with Crippen molar-refractivity contribution in [2.45, 2.75) is 6.42 Å². The number of nitrogens with zero attached hydrogens (tertiary/aromatic N) is 3. The predicted molar refractivity (Wildman–Crippen MR) is 44.6 cm³/mol. The zero-order valence-corrected chi connectivity index (χ0v) is 7.42. The summed E-state index contributed by atoms with van der Waals surface area (Å²) >= 11 is 5.54. The molecule has 0 aromatic rings. The van der Waals surface area contributed by atoms with Crippen LogP contribution in [0.1, 0.15) is 6.42 Å². The quantitative estimate of drug-likeness (QED) is 0.365. The first-order valence-corrected chi connectivity index (χ1v) is 4.30. The smallest absolute Gasteiger partial charge is 0.311 e. The molecule has 5 heteroatoms. The molecule has 0 unspecified atom stereocenters. The summed E-state index contributed by atoms with van der Waals surface area (Å²) in [4.78, 5) is 14.4. The summed E-state index contributed by atoms with van der Waals surface area (Å²) < 4.78 is 0. The van der Waals surface area contributed by atoms with E-state index in [9.17, 15) is 4.79 Å². The summed E-state index contributed by atoms with van der Waals surface area (Å²) in [5.74, 6) is 0. The summed E-state index contributed by atoms with van der Waals surface area (Å²) in [6, 6.07) is 2.03. The number of carbonyl (C=O) groups is 1. The number of carbonyl (C=O) groups excluding carboxylic acids is 1. The maximum Gasteiger partial charge on any atom is 0.321 e. The van der Waals surface area contributed by atoms with Crippen molar-refractivity contribution in [1.82, 2.24) is 9.80 Å². The van der Waals surface area contributed by atoms with Gasteiger partial charge >= 0.3 is 6.03 Å². The second-order valence-electron chi connectivity index (χ2n) is 2.60. The molecule has 0 saturated carbocycles. The van der Waals surface area contributed by atoms with Crippen molar-refractivity contribution in [3.05, 3.63) is 0 Å². The monoisotopic (exact) mass is 187 g/mol. The van der Waals surface area contributed by atoms with Crippen molar-refractivity contribution in [2.24, 2.45) is 0 Å². The second kappa shape index (κ2) is 4.17. The molecule has 0 radical (unpaired) electrons. The Labute approximate surface area is 76.3 Å². The molecular weight excluding hydrogens is 178 g/mol. The highest BCUT2D eigenvalue weighted by Gasteiger charge is 2.23. The van der Waals surface area contributed by atoms with Crippen LogP contribution in [-0.4, -0.2) is 41.5 Å². The molecule has 1 rings (SSSR count). The molecule has 0 atom stereocenters. The van der Waals surface area contributed by atoms with Gasteiger partial charge in [0.1, 0.15) is 6.54 Å². The van der Waals surface area contributed by atoms with Crippen LogP contribution in [0.3, 0.4) is 0 Å². The van der Waals surface area contributed by atoms with Crippen LogP contribution >= 0.6 is 11.6 Å². The Morgan fingerprint density at radius 3 is 2.75 bits per heavy atom. The van der Waals surface area contributed by atoms with Gasteiger partial charge in [0.2, 0.25) is 0 Å². The Morgan fingerprint density at radius 2 is 2.17 bits per heavy atom. The number of halogens is 1. The first-order chi connectivity index (χ1) is 5.79. The lowest BCUT2D eigenvalue weighted by Crippen LogP contribution is -2.48. The summed E-state index contributed by atoms with van der Waals surface area (Å²) in [6.45, 7) is 1.52. The van der Waals surface area contributed by atoms with Crippen LogP contribution in [0.25, 0.3) is 0 Å². The Kier molecular flexibility index (Phi) is 3.18. The third-order valence-corrected chi connectivity index (χ3v) is 2.09. The molecular formula is C7H10ClN3O. The number of alkyl halides is 1. The van der Waals surface area contributed by atoms with Gasteiger partial charge in [0.25, 0.3) is 0 Å². The van der Waals surface area contributed by atoms with Gasteiger partial charge in [0.15, 0.2) is 0 Å². The Hall–Kier alpha value is -0.950. The number of nitriles is 1. The van der Waals surface area contributed by atoms with Gasteiger partial charge in [-0.05, 0) is 6.42 Å². The van der Waals surface area contributed by atoms with E-state index in [0.29, 0.717) is 13.1 Å². The molecule has 0 aromatic heterocycles. The van der Waals surface area contributed by atoms with Gasteiger partial charge in [-0.1, -0.05) is 0 Å². The van der Waals surface area contributed by atoms with Crippen molar-refractivity contribution in [3.63, 3.8) is 0 Å². The lowest BCUT2D eigenvalue weighted by molar-refractivity contribution is 0.144. The van der Waals surface area contributed by atoms with E-state index < -0.39 is 0 Å². The lowest BCUT2D eigenvalue weighted by Gasteiger charge is -2.32. The van der Waals surface area contributed by atoms with E-state index in [1.165, 1.54) is 9.80 Å². The van der Waals surface area contributed by atoms with E-state index in [2.05, 4.69) is 0 Å². The maximum absolute atomic E-state index is 11.4. The van der Waals surface area contributed by atoms with Gasteiger partial charge in [0, 0.05) is 13.1 Å². The molecule has 1 heterocycles. The minimum atomic E-state index is -0.127. The van der Waals surface area contributed by atoms with E-state index in [1.54, 1.807) is 0 Å². The minimum absolute atomic E-state index is 0.127. The second-order valence-corrected chi connectivity index (χ2v) is 2.84. The largest absolute Gasteiger partial charge is 0.321 e. The zero-order chi connectivity index (χ0) is 8.97. The zero-order valence-electron chi connectivity index (χ0n) is 6.66. The van der Waals surface area contributed by atoms with Crippen LogP contribution in [-0.2, 0) is 0 Å². The molecule has 1 saturated heterocycles. The molecule has 12 heavy (non-hydrogen) atoms. The van der Waals surface area contributed by atoms with Crippen molar-refractivity contribution in [2.75, 3.05) is 25.6 Å². The van der Waals surface area contributed by atoms with E-state index in [-0.39, 0.29) is 18.6 Å². The van der Waals surface area contributed by atoms with E-state index in [0.717, 1.165) is 6.42 Å². The first-order valence-electron chi connectivity index (χ1n) is 3.76. The Bertz CT molecular complexity index is 213. The highest BCUT2D eigenvalue weighted by atomic mass is 35.5. The van der Waals surface area contributed by atoms with Crippen LogP contribution in [0.5, 0.6) is 0 Å². The Morgan fingerprint density at radius 1 is 1.50 bits per heavy atom. The number of urea groups is 1. The standard InChI is InChI=1S/C7H10ClN3O/c8-6-11-4-1-3-10(5-2-9)7(11)12/h1,3-6H2. The fourth-order valence-electron chi connectivity index (χ4n) is 1.19. The van der Waals surface area contributed by atoms with Gasteiger partial charge < -0.3 is 9.80 Å². The third-order valence-electron chi connectivity index (χ3n) is 1.80. The van der Waals surface area contributed by atoms with Gasteiger partial charge in [-0.2, -0.15) is 5.26 Å². The van der Waals surface area contributed by atoms with Gasteiger partial charge in [0.05, 0.1) is 12.1 Å². The van der Waals surface area contributed by atoms with E-state index in [1.807, 2.05) is 6.07 Å². The highest BCUT2D eigenvalue weighted by molar-refractivity contribution is 6.18. The average molecular weight is 188 g/mol. The van der Waals surface area contributed by atoms with Crippen LogP contribution in [0.15, 0.2) is 0 Å². The van der Waals surface area contributed by atoms with Crippen LogP contribution in [0, 0.1) is 11.3 Å². The van der Waals surface area contributed by atoms with E-state index >= 15 is 0 Å². The molecule has 0 aromatic carbocycles. The lowest BCUT2D eigenvalue weighted by atomic mass is 10.3. The molecule has 0 aliphatic carbocycles. The SMILES string of the molecule is N#CCN1CCCN(CCl)C1=O. The molecule has 0 spiro atoms. The van der Waals surface area contributed by atoms with Gasteiger partial charge in [-0.3, -0.25) is 0 Å². The molecule has 1 fully saturated rings. The van der Waals surface area contributed by atoms with Crippen molar-refractivity contribution >= 4 is 17.6 Å². The van der Waals surface area contributed by atoms with Crippen molar-refractivity contribution < 1.29 is 4.79 Å². The van der Waals surface area contributed by atoms with Gasteiger partial charge in [-0.15, -0.1) is 11.6 Å². The minimum Gasteiger partial charge on any atom is -0.311 e. The fraction of sp³-hybridized carbons (Fsp3) is 0.714. The first kappa shape index (κ1) is 9.14. The molecule has 0 bridgehead atoms. The summed E-state index contributed by atoms with van der Waals surface area (Å²) in [7, 11) is 0. The molecule has 4 nitrogen and oxygen atoms in total. The highest BCUT2D eigenvalue weighted by Crippen LogP contribution is 2.08. The van der Waals surface area contributed by atoms with E-state index in [4.69, 9.17) is 16.9 Å². The summed E-state index contributed by atoms with van der Waals surface area (Å²) in [5.41, 5.74) is 0. The summed E-state index contributed by atoms with van der Waals surface area (Å²) in [5, 5.41) is 8.40. The number of hydrogen-bond donors (Lipinski definition) is 0. The predicted octanol–water partition coefficient (Wildman–Crippen LogP) is 0.834. The van der Waals surface area contributed by atoms with Crippen LogP contribution < -0.4 is 0 Å². The molecule has 2 amide bonds. The molecule has 66 valence electrons. The number of amides is 2. The average Bonchev–Trinajstić information content (AvgIpc) is 2.09. The fourth-order valence-corrected chi connectivity index (χ4v) is 1.41. The van der Waals surface area contributed by atoms with Crippen molar-refractivity contribution in [3.8, 4) is 6.07 Å².